The molecule has 1 aliphatic heterocycles. The van der Waals surface area contributed by atoms with Crippen LogP contribution in [0.2, 0.25) is 0 Å². The Morgan fingerprint density at radius 2 is 2.16 bits per heavy atom. The Morgan fingerprint density at radius 3 is 2.95 bits per heavy atom. The Balaban J connectivity index is 1.42. The third-order valence-corrected chi connectivity index (χ3v) is 4.36. The summed E-state index contributed by atoms with van der Waals surface area (Å²) in [6, 6.07) is 2.81. The molecule has 1 N–H and O–H groups in total. The summed E-state index contributed by atoms with van der Waals surface area (Å²) in [5.41, 5.74) is 1.17. The van der Waals surface area contributed by atoms with Crippen LogP contribution in [0, 0.1) is 5.92 Å². The smallest absolute Gasteiger partial charge is 0.0762 e. The van der Waals surface area contributed by atoms with E-state index < -0.39 is 0 Å². The molecule has 0 spiro atoms. The molecule has 1 atom stereocenters. The van der Waals surface area contributed by atoms with Crippen molar-refractivity contribution in [3.8, 4) is 0 Å². The van der Waals surface area contributed by atoms with Gasteiger partial charge in [-0.1, -0.05) is 12.8 Å². The lowest BCUT2D eigenvalue weighted by Crippen LogP contribution is -2.29. The average molecular weight is 263 g/mol. The number of hydrogen-bond acceptors (Lipinski definition) is 3. The van der Waals surface area contributed by atoms with Gasteiger partial charge in [0, 0.05) is 25.9 Å². The van der Waals surface area contributed by atoms with Crippen molar-refractivity contribution < 1.29 is 4.74 Å². The molecule has 4 heteroatoms. The van der Waals surface area contributed by atoms with Gasteiger partial charge in [0.2, 0.25) is 0 Å². The first-order chi connectivity index (χ1) is 9.42. The number of nitrogens with one attached hydrogen (secondary N) is 1. The number of nitrogens with zero attached hydrogens (tertiary/aromatic N) is 2. The molecule has 2 fully saturated rings. The quantitative estimate of drug-likeness (QED) is 0.887. The molecule has 0 aromatic carbocycles. The molecule has 1 saturated heterocycles. The van der Waals surface area contributed by atoms with Crippen LogP contribution in [0.15, 0.2) is 12.3 Å². The zero-order valence-corrected chi connectivity index (χ0v) is 11.7. The van der Waals surface area contributed by atoms with Crippen LogP contribution in [0.5, 0.6) is 0 Å². The molecular formula is C15H25N3O. The summed E-state index contributed by atoms with van der Waals surface area (Å²) >= 11 is 0. The lowest BCUT2D eigenvalue weighted by atomic mass is 10.0. The Morgan fingerprint density at radius 1 is 1.26 bits per heavy atom. The highest BCUT2D eigenvalue weighted by atomic mass is 16.5. The highest BCUT2D eigenvalue weighted by Crippen LogP contribution is 2.28. The van der Waals surface area contributed by atoms with Crippen LogP contribution in [0.1, 0.15) is 50.3 Å². The van der Waals surface area contributed by atoms with Crippen molar-refractivity contribution in [2.75, 3.05) is 19.8 Å². The fourth-order valence-corrected chi connectivity index (χ4v) is 3.22. The molecule has 1 aliphatic carbocycles. The topological polar surface area (TPSA) is 39.1 Å². The molecule has 0 amide bonds. The van der Waals surface area contributed by atoms with E-state index in [4.69, 9.17) is 9.84 Å². The van der Waals surface area contributed by atoms with Gasteiger partial charge < -0.3 is 10.1 Å². The second kappa shape index (κ2) is 6.53. The van der Waals surface area contributed by atoms with E-state index in [-0.39, 0.29) is 0 Å². The first kappa shape index (κ1) is 13.1. The third-order valence-electron chi connectivity index (χ3n) is 4.36. The second-order valence-corrected chi connectivity index (χ2v) is 5.94. The van der Waals surface area contributed by atoms with Crippen molar-refractivity contribution in [1.82, 2.24) is 15.1 Å². The highest BCUT2D eigenvalue weighted by molar-refractivity contribution is 5.00. The van der Waals surface area contributed by atoms with Crippen molar-refractivity contribution in [1.29, 1.82) is 0 Å². The molecule has 1 saturated carbocycles. The van der Waals surface area contributed by atoms with Gasteiger partial charge in [-0.3, -0.25) is 4.68 Å². The standard InChI is InChI=1S/C15H25N3O/c1-2-6-15(5-1)18-8-7-14(17-18)11-16-10-13-4-3-9-19-12-13/h7-8,13,15-16H,1-6,9-12H2. The predicted molar refractivity (Wildman–Crippen MR) is 75.0 cm³/mol. The Labute approximate surface area is 115 Å². The minimum absolute atomic E-state index is 0.653. The number of rotatable bonds is 5. The van der Waals surface area contributed by atoms with Crippen molar-refractivity contribution in [2.24, 2.45) is 5.92 Å². The Bertz CT molecular complexity index is 378. The van der Waals surface area contributed by atoms with Gasteiger partial charge in [0.1, 0.15) is 0 Å². The van der Waals surface area contributed by atoms with Gasteiger partial charge in [-0.15, -0.1) is 0 Å². The minimum atomic E-state index is 0.653. The van der Waals surface area contributed by atoms with Crippen LogP contribution >= 0.6 is 0 Å². The number of ether oxygens (including phenoxy) is 1. The Hall–Kier alpha value is -0.870. The van der Waals surface area contributed by atoms with Crippen LogP contribution in [0.3, 0.4) is 0 Å². The molecule has 3 rings (SSSR count). The SMILES string of the molecule is c1cn(C2CCCC2)nc1CNCC1CCCOC1. The number of aromatic nitrogens is 2. The monoisotopic (exact) mass is 263 g/mol. The van der Waals surface area contributed by atoms with Gasteiger partial charge in [0.25, 0.3) is 0 Å². The maximum atomic E-state index is 5.50. The van der Waals surface area contributed by atoms with Crippen molar-refractivity contribution >= 4 is 0 Å². The lowest BCUT2D eigenvalue weighted by Gasteiger charge is -2.22. The van der Waals surface area contributed by atoms with Crippen LogP contribution in [-0.2, 0) is 11.3 Å². The van der Waals surface area contributed by atoms with E-state index in [9.17, 15) is 0 Å². The molecule has 1 unspecified atom stereocenters. The summed E-state index contributed by atoms with van der Waals surface area (Å²) in [7, 11) is 0. The fourth-order valence-electron chi connectivity index (χ4n) is 3.22. The number of hydrogen-bond donors (Lipinski definition) is 1. The Kier molecular flexibility index (Phi) is 4.51. The van der Waals surface area contributed by atoms with E-state index >= 15 is 0 Å². The molecule has 2 heterocycles. The summed E-state index contributed by atoms with van der Waals surface area (Å²) < 4.78 is 7.67. The van der Waals surface area contributed by atoms with E-state index in [0.29, 0.717) is 12.0 Å². The minimum Gasteiger partial charge on any atom is -0.381 e. The van der Waals surface area contributed by atoms with Gasteiger partial charge in [-0.25, -0.2) is 0 Å². The van der Waals surface area contributed by atoms with Crippen molar-refractivity contribution in [3.05, 3.63) is 18.0 Å². The summed E-state index contributed by atoms with van der Waals surface area (Å²) in [5.74, 6) is 0.686. The maximum Gasteiger partial charge on any atom is 0.0762 e. The molecule has 0 radical (unpaired) electrons. The molecule has 4 nitrogen and oxygen atoms in total. The molecule has 1 aromatic rings. The van der Waals surface area contributed by atoms with Gasteiger partial charge in [0.15, 0.2) is 0 Å². The molecule has 0 bridgehead atoms. The van der Waals surface area contributed by atoms with E-state index in [1.807, 2.05) is 0 Å². The van der Waals surface area contributed by atoms with Crippen molar-refractivity contribution in [2.45, 2.75) is 51.1 Å². The van der Waals surface area contributed by atoms with Crippen LogP contribution in [0.25, 0.3) is 0 Å². The van der Waals surface area contributed by atoms with E-state index in [2.05, 4.69) is 22.3 Å². The summed E-state index contributed by atoms with van der Waals surface area (Å²) in [4.78, 5) is 0. The average Bonchev–Trinajstić information content (AvgIpc) is 3.10. The first-order valence-electron chi connectivity index (χ1n) is 7.74. The zero-order chi connectivity index (χ0) is 12.9. The molecule has 1 aromatic heterocycles. The van der Waals surface area contributed by atoms with Crippen LogP contribution < -0.4 is 5.32 Å². The van der Waals surface area contributed by atoms with Gasteiger partial charge in [-0.05, 0) is 37.7 Å². The fraction of sp³-hybridized carbons (Fsp3) is 0.800. The lowest BCUT2D eigenvalue weighted by molar-refractivity contribution is 0.0547. The molecular weight excluding hydrogens is 238 g/mol. The zero-order valence-electron chi connectivity index (χ0n) is 11.7. The van der Waals surface area contributed by atoms with Crippen LogP contribution in [0.4, 0.5) is 0 Å². The summed E-state index contributed by atoms with van der Waals surface area (Å²) in [6.07, 6.45) is 9.98. The van der Waals surface area contributed by atoms with Gasteiger partial charge >= 0.3 is 0 Å². The van der Waals surface area contributed by atoms with Crippen molar-refractivity contribution in [3.63, 3.8) is 0 Å². The van der Waals surface area contributed by atoms with Gasteiger partial charge in [-0.2, -0.15) is 5.10 Å². The maximum absolute atomic E-state index is 5.50. The summed E-state index contributed by atoms with van der Waals surface area (Å²) in [6.45, 7) is 3.80. The summed E-state index contributed by atoms with van der Waals surface area (Å²) in [5, 5.41) is 8.22. The molecule has 19 heavy (non-hydrogen) atoms. The normalized spacial score (nSPS) is 24.9. The van der Waals surface area contributed by atoms with E-state index in [1.54, 1.807) is 0 Å². The predicted octanol–water partition coefficient (Wildman–Crippen LogP) is 2.51. The van der Waals surface area contributed by atoms with E-state index in [1.165, 1.54) is 44.2 Å². The largest absolute Gasteiger partial charge is 0.381 e. The molecule has 106 valence electrons. The van der Waals surface area contributed by atoms with Crippen LogP contribution in [-0.4, -0.2) is 29.5 Å². The molecule has 2 aliphatic rings. The van der Waals surface area contributed by atoms with E-state index in [0.717, 1.165) is 26.3 Å². The third kappa shape index (κ3) is 3.57. The second-order valence-electron chi connectivity index (χ2n) is 5.94. The van der Waals surface area contributed by atoms with Gasteiger partial charge in [0.05, 0.1) is 18.3 Å². The highest BCUT2D eigenvalue weighted by Gasteiger charge is 2.17. The first-order valence-corrected chi connectivity index (χ1v) is 7.74.